The second-order valence-corrected chi connectivity index (χ2v) is 5.48. The molecule has 90 valence electrons. The van der Waals surface area contributed by atoms with Crippen LogP contribution < -0.4 is 4.90 Å². The summed E-state index contributed by atoms with van der Waals surface area (Å²) in [7, 11) is 0. The van der Waals surface area contributed by atoms with Gasteiger partial charge in [-0.1, -0.05) is 25.4 Å². The van der Waals surface area contributed by atoms with Crippen molar-refractivity contribution in [2.45, 2.75) is 13.8 Å². The smallest absolute Gasteiger partial charge is 0.237 e. The van der Waals surface area contributed by atoms with Crippen LogP contribution in [0.1, 0.15) is 13.8 Å². The van der Waals surface area contributed by atoms with E-state index in [0.717, 1.165) is 0 Å². The van der Waals surface area contributed by atoms with Gasteiger partial charge in [-0.2, -0.15) is 0 Å². The number of hydrogen-bond donors (Lipinski definition) is 0. The normalized spacial score (nSPS) is 24.6. The van der Waals surface area contributed by atoms with E-state index in [1.54, 1.807) is 32.0 Å². The van der Waals surface area contributed by atoms with Crippen LogP contribution in [0.25, 0.3) is 0 Å². The van der Waals surface area contributed by atoms with E-state index in [0.29, 0.717) is 15.2 Å². The molecule has 0 aromatic heterocycles. The highest BCUT2D eigenvalue weighted by molar-refractivity contribution is 9.10. The third kappa shape index (κ3) is 2.00. The molecular weight excluding hydrogens is 305 g/mol. The Hall–Kier alpha value is -0.870. The van der Waals surface area contributed by atoms with Crippen molar-refractivity contribution >= 4 is 45.0 Å². The van der Waals surface area contributed by atoms with Gasteiger partial charge in [-0.3, -0.25) is 9.59 Å². The minimum Gasteiger partial charge on any atom is -0.274 e. The monoisotopic (exact) mass is 315 g/mol. The summed E-state index contributed by atoms with van der Waals surface area (Å²) < 4.78 is 0.685. The van der Waals surface area contributed by atoms with Gasteiger partial charge in [-0.25, -0.2) is 4.90 Å². The van der Waals surface area contributed by atoms with Gasteiger partial charge in [0.1, 0.15) is 0 Å². The molecule has 2 atom stereocenters. The number of halogens is 2. The van der Waals surface area contributed by atoms with Gasteiger partial charge in [0.25, 0.3) is 0 Å². The minimum atomic E-state index is -0.284. The molecule has 17 heavy (non-hydrogen) atoms. The highest BCUT2D eigenvalue weighted by atomic mass is 79.9. The number of amides is 2. The molecule has 3 nitrogen and oxygen atoms in total. The standard InChI is InChI=1S/C12H11BrClNO2/c1-6-7(2)12(17)15(11(6)16)10-5-8(14)3-4-9(10)13/h3-7H,1-2H3. The van der Waals surface area contributed by atoms with Crippen LogP contribution in [0.3, 0.4) is 0 Å². The topological polar surface area (TPSA) is 37.4 Å². The molecule has 0 spiro atoms. The fraction of sp³-hybridized carbons (Fsp3) is 0.333. The number of imide groups is 1. The Kier molecular flexibility index (Phi) is 3.27. The molecule has 1 aromatic rings. The number of rotatable bonds is 1. The molecule has 5 heteroatoms. The van der Waals surface area contributed by atoms with Gasteiger partial charge in [0.15, 0.2) is 0 Å². The predicted octanol–water partition coefficient (Wildman–Crippen LogP) is 3.25. The van der Waals surface area contributed by atoms with E-state index in [-0.39, 0.29) is 23.7 Å². The van der Waals surface area contributed by atoms with Gasteiger partial charge in [0, 0.05) is 21.3 Å². The number of carbonyl (C=O) groups is 2. The fourth-order valence-corrected chi connectivity index (χ4v) is 2.43. The lowest BCUT2D eigenvalue weighted by molar-refractivity contribution is -0.122. The van der Waals surface area contributed by atoms with Crippen molar-refractivity contribution in [2.24, 2.45) is 11.8 Å². The molecule has 0 saturated carbocycles. The van der Waals surface area contributed by atoms with E-state index >= 15 is 0 Å². The summed E-state index contributed by atoms with van der Waals surface area (Å²) in [6.07, 6.45) is 0. The zero-order valence-electron chi connectivity index (χ0n) is 9.41. The molecule has 1 fully saturated rings. The highest BCUT2D eigenvalue weighted by Crippen LogP contribution is 2.36. The molecule has 2 amide bonds. The van der Waals surface area contributed by atoms with Crippen molar-refractivity contribution in [3.63, 3.8) is 0 Å². The average molecular weight is 317 g/mol. The molecular formula is C12H11BrClNO2. The van der Waals surface area contributed by atoms with E-state index in [4.69, 9.17) is 11.6 Å². The fourth-order valence-electron chi connectivity index (χ4n) is 1.84. The highest BCUT2D eigenvalue weighted by Gasteiger charge is 2.43. The molecule has 1 aliphatic rings. The van der Waals surface area contributed by atoms with Crippen molar-refractivity contribution < 1.29 is 9.59 Å². The van der Waals surface area contributed by atoms with Gasteiger partial charge < -0.3 is 0 Å². The Morgan fingerprint density at radius 1 is 1.18 bits per heavy atom. The third-order valence-electron chi connectivity index (χ3n) is 3.12. The SMILES string of the molecule is CC1C(=O)N(c2cc(Cl)ccc2Br)C(=O)C1C. The maximum absolute atomic E-state index is 12.0. The molecule has 1 saturated heterocycles. The van der Waals surface area contributed by atoms with E-state index in [2.05, 4.69) is 15.9 Å². The lowest BCUT2D eigenvalue weighted by atomic mass is 10.00. The van der Waals surface area contributed by atoms with Gasteiger partial charge in [-0.15, -0.1) is 0 Å². The first-order valence-electron chi connectivity index (χ1n) is 5.26. The van der Waals surface area contributed by atoms with E-state index in [1.165, 1.54) is 4.90 Å². The van der Waals surface area contributed by atoms with Crippen LogP contribution in [-0.2, 0) is 9.59 Å². The molecule has 0 radical (unpaired) electrons. The molecule has 2 unspecified atom stereocenters. The Labute approximate surface area is 113 Å². The molecule has 0 bridgehead atoms. The zero-order valence-corrected chi connectivity index (χ0v) is 11.7. The van der Waals surface area contributed by atoms with Gasteiger partial charge in [0.2, 0.25) is 11.8 Å². The van der Waals surface area contributed by atoms with Crippen molar-refractivity contribution in [1.82, 2.24) is 0 Å². The first-order chi connectivity index (χ1) is 7.93. The van der Waals surface area contributed by atoms with Gasteiger partial charge in [0.05, 0.1) is 5.69 Å². The summed E-state index contributed by atoms with van der Waals surface area (Å²) in [6, 6.07) is 5.05. The van der Waals surface area contributed by atoms with Gasteiger partial charge >= 0.3 is 0 Å². The lowest BCUT2D eigenvalue weighted by Gasteiger charge is -2.16. The van der Waals surface area contributed by atoms with Crippen molar-refractivity contribution in [1.29, 1.82) is 0 Å². The summed E-state index contributed by atoms with van der Waals surface area (Å²) in [4.78, 5) is 25.3. The van der Waals surface area contributed by atoms with Crippen LogP contribution >= 0.6 is 27.5 Å². The van der Waals surface area contributed by atoms with Crippen LogP contribution in [-0.4, -0.2) is 11.8 Å². The number of hydrogen-bond acceptors (Lipinski definition) is 2. The molecule has 1 aliphatic heterocycles. The maximum Gasteiger partial charge on any atom is 0.237 e. The minimum absolute atomic E-state index is 0.175. The molecule has 0 N–H and O–H groups in total. The van der Waals surface area contributed by atoms with Crippen molar-refractivity contribution in [3.8, 4) is 0 Å². The summed E-state index contributed by atoms with van der Waals surface area (Å²) in [5.74, 6) is -0.919. The van der Waals surface area contributed by atoms with Crippen LogP contribution in [0, 0.1) is 11.8 Å². The largest absolute Gasteiger partial charge is 0.274 e. The molecule has 2 rings (SSSR count). The number of anilines is 1. The third-order valence-corrected chi connectivity index (χ3v) is 4.02. The quantitative estimate of drug-likeness (QED) is 0.746. The summed E-state index contributed by atoms with van der Waals surface area (Å²) in [5.41, 5.74) is 0.517. The zero-order chi connectivity index (χ0) is 12.7. The number of benzene rings is 1. The van der Waals surface area contributed by atoms with Crippen LogP contribution in [0.5, 0.6) is 0 Å². The summed E-state index contributed by atoms with van der Waals surface area (Å²) in [6.45, 7) is 3.53. The summed E-state index contributed by atoms with van der Waals surface area (Å²) in [5, 5.41) is 0.496. The Bertz CT molecular complexity index is 483. The van der Waals surface area contributed by atoms with Crippen molar-refractivity contribution in [2.75, 3.05) is 4.90 Å². The average Bonchev–Trinajstić information content (AvgIpc) is 2.48. The number of carbonyl (C=O) groups excluding carboxylic acids is 2. The Morgan fingerprint density at radius 3 is 2.24 bits per heavy atom. The lowest BCUT2D eigenvalue weighted by Crippen LogP contribution is -2.30. The first kappa shape index (κ1) is 12.6. The number of nitrogens with zero attached hydrogens (tertiary/aromatic N) is 1. The second kappa shape index (κ2) is 4.42. The molecule has 1 heterocycles. The Morgan fingerprint density at radius 2 is 1.71 bits per heavy atom. The van der Waals surface area contributed by atoms with Crippen molar-refractivity contribution in [3.05, 3.63) is 27.7 Å². The second-order valence-electron chi connectivity index (χ2n) is 4.18. The maximum atomic E-state index is 12.0. The van der Waals surface area contributed by atoms with E-state index in [9.17, 15) is 9.59 Å². The predicted molar refractivity (Wildman–Crippen MR) is 70.0 cm³/mol. The van der Waals surface area contributed by atoms with Crippen LogP contribution in [0.15, 0.2) is 22.7 Å². The van der Waals surface area contributed by atoms with Crippen LogP contribution in [0.4, 0.5) is 5.69 Å². The van der Waals surface area contributed by atoms with Crippen LogP contribution in [0.2, 0.25) is 5.02 Å². The molecule has 1 aromatic carbocycles. The molecule has 0 aliphatic carbocycles. The first-order valence-corrected chi connectivity index (χ1v) is 6.43. The van der Waals surface area contributed by atoms with Gasteiger partial charge in [-0.05, 0) is 34.1 Å². The van der Waals surface area contributed by atoms with E-state index in [1.807, 2.05) is 0 Å². The Balaban J connectivity index is 2.50. The van der Waals surface area contributed by atoms with E-state index < -0.39 is 0 Å². The summed E-state index contributed by atoms with van der Waals surface area (Å²) >= 11 is 9.22.